The average Bonchev–Trinajstić information content (AvgIpc) is 2.60. The first-order valence-electron chi connectivity index (χ1n) is 6.65. The minimum absolute atomic E-state index is 0.0626. The SMILES string of the molecule is O=C(N/C(=N\O)C(F)(F)C(F)(F)C(F)(F)F)C(=O)N/C(=N\O)C(F)(F)C(F)(F)C(F)(F)F. The fourth-order valence-corrected chi connectivity index (χ4v) is 1.31. The largest absolute Gasteiger partial charge is 0.460 e. The molecular formula is C10H4F14N4O4. The third-order valence-electron chi connectivity index (χ3n) is 2.97. The van der Waals surface area contributed by atoms with E-state index in [0.717, 1.165) is 10.3 Å². The quantitative estimate of drug-likeness (QED) is 0.116. The van der Waals surface area contributed by atoms with Gasteiger partial charge in [0.05, 0.1) is 0 Å². The summed E-state index contributed by atoms with van der Waals surface area (Å²) >= 11 is 0. The Labute approximate surface area is 163 Å². The highest BCUT2D eigenvalue weighted by atomic mass is 19.4. The highest BCUT2D eigenvalue weighted by Gasteiger charge is 2.77. The predicted molar refractivity (Wildman–Crippen MR) is 66.6 cm³/mol. The van der Waals surface area contributed by atoms with Gasteiger partial charge in [-0.25, -0.2) is 0 Å². The summed E-state index contributed by atoms with van der Waals surface area (Å²) in [4.78, 5) is 22.4. The molecule has 0 radical (unpaired) electrons. The van der Waals surface area contributed by atoms with E-state index < -0.39 is 59.5 Å². The van der Waals surface area contributed by atoms with Gasteiger partial charge in [-0.15, -0.1) is 0 Å². The Morgan fingerprint density at radius 2 is 0.750 bits per heavy atom. The van der Waals surface area contributed by atoms with Crippen LogP contribution in [0.5, 0.6) is 0 Å². The van der Waals surface area contributed by atoms with Crippen molar-refractivity contribution >= 4 is 23.5 Å². The summed E-state index contributed by atoms with van der Waals surface area (Å²) in [6, 6.07) is 0. The standard InChI is InChI=1S/C10H4F14N4O4/c11-5(12,7(15,16)9(19,20)21)3(27-31)25-1(29)2(30)26-4(28-32)6(13,14)8(17,18)10(22,23)24/h31-32H,(H,25,27,29)(H,26,28,30). The molecule has 0 aliphatic heterocycles. The van der Waals surface area contributed by atoms with Gasteiger partial charge in [-0.2, -0.15) is 61.5 Å². The molecule has 0 saturated carbocycles. The summed E-state index contributed by atoms with van der Waals surface area (Å²) in [5.74, 6) is -40.3. The number of amidine groups is 2. The van der Waals surface area contributed by atoms with Gasteiger partial charge in [-0.3, -0.25) is 20.2 Å². The van der Waals surface area contributed by atoms with Crippen molar-refractivity contribution in [3.05, 3.63) is 0 Å². The fourth-order valence-electron chi connectivity index (χ4n) is 1.31. The van der Waals surface area contributed by atoms with Crippen LogP contribution in [0.25, 0.3) is 0 Å². The van der Waals surface area contributed by atoms with Crippen LogP contribution in [0.15, 0.2) is 10.3 Å². The van der Waals surface area contributed by atoms with Crippen LogP contribution in [0.4, 0.5) is 61.5 Å². The molecule has 0 unspecified atom stereocenters. The molecule has 0 saturated heterocycles. The zero-order chi connectivity index (χ0) is 26.1. The second-order valence-corrected chi connectivity index (χ2v) is 5.10. The predicted octanol–water partition coefficient (Wildman–Crippen LogP) is 2.46. The van der Waals surface area contributed by atoms with Crippen molar-refractivity contribution in [3.63, 3.8) is 0 Å². The van der Waals surface area contributed by atoms with Crippen LogP contribution in [0.1, 0.15) is 0 Å². The molecule has 0 aromatic rings. The summed E-state index contributed by atoms with van der Waals surface area (Å²) in [6.07, 6.45) is -14.1. The Kier molecular flexibility index (Phi) is 7.62. The molecular weight excluding hydrogens is 506 g/mol. The number of nitrogens with zero attached hydrogens (tertiary/aromatic N) is 2. The van der Waals surface area contributed by atoms with Gasteiger partial charge in [0.2, 0.25) is 11.7 Å². The first kappa shape index (κ1) is 28.9. The van der Waals surface area contributed by atoms with Crippen molar-refractivity contribution in [1.82, 2.24) is 10.6 Å². The molecule has 0 aliphatic rings. The van der Waals surface area contributed by atoms with Crippen molar-refractivity contribution in [1.29, 1.82) is 0 Å². The lowest BCUT2D eigenvalue weighted by molar-refractivity contribution is -0.337. The van der Waals surface area contributed by atoms with Gasteiger partial charge in [0.1, 0.15) is 0 Å². The van der Waals surface area contributed by atoms with Crippen LogP contribution in [0.2, 0.25) is 0 Å². The van der Waals surface area contributed by atoms with Crippen LogP contribution < -0.4 is 10.6 Å². The molecule has 2 amide bonds. The lowest BCUT2D eigenvalue weighted by Crippen LogP contribution is -2.63. The number of amides is 2. The van der Waals surface area contributed by atoms with Crippen molar-refractivity contribution in [2.75, 3.05) is 0 Å². The van der Waals surface area contributed by atoms with E-state index in [9.17, 15) is 71.1 Å². The molecule has 0 atom stereocenters. The molecule has 0 aromatic carbocycles. The van der Waals surface area contributed by atoms with E-state index in [0.29, 0.717) is 0 Å². The third-order valence-corrected chi connectivity index (χ3v) is 2.97. The molecule has 4 N–H and O–H groups in total. The van der Waals surface area contributed by atoms with Crippen LogP contribution in [0.3, 0.4) is 0 Å². The molecule has 0 rings (SSSR count). The lowest BCUT2D eigenvalue weighted by Gasteiger charge is -2.29. The smallest absolute Gasteiger partial charge is 0.409 e. The number of carbonyl (C=O) groups excluding carboxylic acids is 2. The number of halogens is 14. The normalized spacial score (nSPS) is 15.4. The number of hydrogen-bond donors (Lipinski definition) is 4. The summed E-state index contributed by atoms with van der Waals surface area (Å²) in [5.41, 5.74) is 0. The fraction of sp³-hybridized carbons (Fsp3) is 0.600. The molecule has 0 aromatic heterocycles. The van der Waals surface area contributed by atoms with Gasteiger partial charge in [0.15, 0.2) is 0 Å². The van der Waals surface area contributed by atoms with E-state index >= 15 is 0 Å². The van der Waals surface area contributed by atoms with Crippen molar-refractivity contribution in [3.8, 4) is 0 Å². The Morgan fingerprint density at radius 1 is 0.531 bits per heavy atom. The van der Waals surface area contributed by atoms with Crippen LogP contribution >= 0.6 is 0 Å². The number of hydrogen-bond acceptors (Lipinski definition) is 6. The Hall–Kier alpha value is -3.10. The number of rotatable bonds is 4. The molecule has 186 valence electrons. The highest BCUT2D eigenvalue weighted by molar-refractivity contribution is 6.41. The van der Waals surface area contributed by atoms with E-state index in [2.05, 4.69) is 0 Å². The number of alkyl halides is 14. The Bertz CT molecular complexity index is 734. The average molecular weight is 510 g/mol. The van der Waals surface area contributed by atoms with Gasteiger partial charge < -0.3 is 10.4 Å². The zero-order valence-electron chi connectivity index (χ0n) is 13.9. The van der Waals surface area contributed by atoms with Crippen molar-refractivity contribution in [2.24, 2.45) is 10.3 Å². The number of nitrogens with one attached hydrogen (secondary N) is 2. The molecule has 32 heavy (non-hydrogen) atoms. The summed E-state index contributed by atoms with van der Waals surface area (Å²) in [6.45, 7) is 0. The minimum Gasteiger partial charge on any atom is -0.409 e. The highest BCUT2D eigenvalue weighted by Crippen LogP contribution is 2.47. The molecule has 0 aliphatic carbocycles. The molecule has 0 bridgehead atoms. The number of oxime groups is 2. The van der Waals surface area contributed by atoms with Crippen LogP contribution in [-0.4, -0.2) is 69.9 Å². The van der Waals surface area contributed by atoms with Gasteiger partial charge in [0, 0.05) is 0 Å². The lowest BCUT2D eigenvalue weighted by atomic mass is 10.1. The Balaban J connectivity index is 5.83. The maximum Gasteiger partial charge on any atom is 0.460 e. The Morgan fingerprint density at radius 3 is 0.906 bits per heavy atom. The van der Waals surface area contributed by atoms with E-state index in [1.165, 1.54) is 0 Å². The molecule has 0 fully saturated rings. The minimum atomic E-state index is -7.09. The van der Waals surface area contributed by atoms with E-state index in [4.69, 9.17) is 10.4 Å². The van der Waals surface area contributed by atoms with Crippen LogP contribution in [-0.2, 0) is 9.59 Å². The third kappa shape index (κ3) is 4.87. The van der Waals surface area contributed by atoms with Gasteiger partial charge in [-0.05, 0) is 0 Å². The number of carbonyl (C=O) groups is 2. The summed E-state index contributed by atoms with van der Waals surface area (Å²) in [7, 11) is 0. The summed E-state index contributed by atoms with van der Waals surface area (Å²) in [5, 5.41) is 18.7. The van der Waals surface area contributed by atoms with E-state index in [1.807, 2.05) is 0 Å². The molecule has 22 heteroatoms. The first-order valence-corrected chi connectivity index (χ1v) is 6.65. The second-order valence-electron chi connectivity index (χ2n) is 5.10. The van der Waals surface area contributed by atoms with Gasteiger partial charge in [-0.1, -0.05) is 10.3 Å². The van der Waals surface area contributed by atoms with Gasteiger partial charge in [0.25, 0.3) is 0 Å². The van der Waals surface area contributed by atoms with E-state index in [1.54, 1.807) is 0 Å². The monoisotopic (exact) mass is 510 g/mol. The maximum absolute atomic E-state index is 13.3. The van der Waals surface area contributed by atoms with E-state index in [-0.39, 0.29) is 10.6 Å². The van der Waals surface area contributed by atoms with Crippen LogP contribution in [0, 0.1) is 0 Å². The van der Waals surface area contributed by atoms with Crippen molar-refractivity contribution < 1.29 is 81.5 Å². The zero-order valence-corrected chi connectivity index (χ0v) is 13.9. The topological polar surface area (TPSA) is 123 Å². The molecule has 8 nitrogen and oxygen atoms in total. The van der Waals surface area contributed by atoms with Crippen molar-refractivity contribution in [2.45, 2.75) is 36.0 Å². The molecule has 0 spiro atoms. The second kappa shape index (κ2) is 8.44. The first-order chi connectivity index (χ1) is 13.9. The maximum atomic E-state index is 13.3. The van der Waals surface area contributed by atoms with Gasteiger partial charge >= 0.3 is 47.9 Å². The summed E-state index contributed by atoms with van der Waals surface area (Å²) < 4.78 is 176. The molecule has 0 heterocycles.